The SMILES string of the molecule is CNC(=O)c1ccc(Cl)c(NC(=O)c2csc(COC)n2)c1. The predicted molar refractivity (Wildman–Crippen MR) is 85.6 cm³/mol. The molecule has 0 radical (unpaired) electrons. The molecule has 0 saturated carbocycles. The number of ether oxygens (including phenoxy) is 1. The van der Waals surface area contributed by atoms with Gasteiger partial charge >= 0.3 is 0 Å². The van der Waals surface area contributed by atoms with Crippen LogP contribution >= 0.6 is 22.9 Å². The standard InChI is InChI=1S/C14H14ClN3O3S/c1-16-13(19)8-3-4-9(15)10(5-8)18-14(20)11-7-22-12(17-11)6-21-2/h3-5,7H,6H2,1-2H3,(H,16,19)(H,18,20). The predicted octanol–water partition coefficient (Wildman–Crippen LogP) is 2.55. The van der Waals surface area contributed by atoms with Crippen LogP contribution in [0.15, 0.2) is 23.6 Å². The molecule has 2 aromatic rings. The van der Waals surface area contributed by atoms with Gasteiger partial charge in [-0.15, -0.1) is 11.3 Å². The molecule has 0 bridgehead atoms. The molecule has 2 rings (SSSR count). The Bertz CT molecular complexity index is 702. The van der Waals surface area contributed by atoms with Gasteiger partial charge in [0.05, 0.1) is 17.3 Å². The number of hydrogen-bond acceptors (Lipinski definition) is 5. The van der Waals surface area contributed by atoms with Crippen molar-refractivity contribution in [2.45, 2.75) is 6.61 Å². The fraction of sp³-hybridized carbons (Fsp3) is 0.214. The van der Waals surface area contributed by atoms with Crippen molar-refractivity contribution in [1.29, 1.82) is 0 Å². The summed E-state index contributed by atoms with van der Waals surface area (Å²) in [6.45, 7) is 0.352. The van der Waals surface area contributed by atoms with E-state index in [0.717, 1.165) is 0 Å². The summed E-state index contributed by atoms with van der Waals surface area (Å²) >= 11 is 7.38. The monoisotopic (exact) mass is 339 g/mol. The van der Waals surface area contributed by atoms with Crippen molar-refractivity contribution in [3.63, 3.8) is 0 Å². The van der Waals surface area contributed by atoms with Crippen LogP contribution in [0.5, 0.6) is 0 Å². The number of amides is 2. The van der Waals surface area contributed by atoms with Crippen LogP contribution in [-0.4, -0.2) is 31.0 Å². The van der Waals surface area contributed by atoms with Crippen molar-refractivity contribution in [3.05, 3.63) is 44.9 Å². The molecule has 0 aliphatic carbocycles. The maximum atomic E-state index is 12.2. The lowest BCUT2D eigenvalue weighted by Gasteiger charge is -2.08. The number of nitrogens with zero attached hydrogens (tertiary/aromatic N) is 1. The second-order valence-electron chi connectivity index (χ2n) is 4.29. The number of anilines is 1. The second kappa shape index (κ2) is 7.35. The van der Waals surface area contributed by atoms with E-state index in [9.17, 15) is 9.59 Å². The van der Waals surface area contributed by atoms with Gasteiger partial charge in [0.15, 0.2) is 0 Å². The number of hydrogen-bond donors (Lipinski definition) is 2. The fourth-order valence-corrected chi connectivity index (χ4v) is 2.61. The maximum absolute atomic E-state index is 12.2. The molecule has 0 unspecified atom stereocenters. The van der Waals surface area contributed by atoms with E-state index in [4.69, 9.17) is 16.3 Å². The summed E-state index contributed by atoms with van der Waals surface area (Å²) in [7, 11) is 3.09. The molecule has 1 aromatic heterocycles. The molecular weight excluding hydrogens is 326 g/mol. The van der Waals surface area contributed by atoms with Crippen molar-refractivity contribution in [2.75, 3.05) is 19.5 Å². The van der Waals surface area contributed by atoms with E-state index in [0.29, 0.717) is 27.9 Å². The smallest absolute Gasteiger partial charge is 0.275 e. The van der Waals surface area contributed by atoms with Gasteiger partial charge in [-0.3, -0.25) is 9.59 Å². The summed E-state index contributed by atoms with van der Waals surface area (Å²) in [5, 5.41) is 7.85. The van der Waals surface area contributed by atoms with E-state index in [-0.39, 0.29) is 11.6 Å². The van der Waals surface area contributed by atoms with E-state index >= 15 is 0 Å². The molecule has 0 aliphatic heterocycles. The Labute approximate surface area is 136 Å². The minimum atomic E-state index is -0.394. The minimum absolute atomic E-state index is 0.261. The van der Waals surface area contributed by atoms with Gasteiger partial charge in [0.25, 0.3) is 11.8 Å². The molecule has 2 amide bonds. The highest BCUT2D eigenvalue weighted by Gasteiger charge is 2.14. The Morgan fingerprint density at radius 3 is 2.82 bits per heavy atom. The van der Waals surface area contributed by atoms with Crippen LogP contribution in [-0.2, 0) is 11.3 Å². The number of methoxy groups -OCH3 is 1. The van der Waals surface area contributed by atoms with Crippen LogP contribution in [0.4, 0.5) is 5.69 Å². The van der Waals surface area contributed by atoms with E-state index in [1.165, 1.54) is 24.5 Å². The van der Waals surface area contributed by atoms with Gasteiger partial charge in [-0.1, -0.05) is 11.6 Å². The normalized spacial score (nSPS) is 10.3. The van der Waals surface area contributed by atoms with Gasteiger partial charge < -0.3 is 15.4 Å². The van der Waals surface area contributed by atoms with Crippen molar-refractivity contribution >= 4 is 40.4 Å². The van der Waals surface area contributed by atoms with Crippen LogP contribution in [0, 0.1) is 0 Å². The molecule has 0 saturated heterocycles. The van der Waals surface area contributed by atoms with Crippen molar-refractivity contribution in [2.24, 2.45) is 0 Å². The first-order valence-electron chi connectivity index (χ1n) is 6.31. The highest BCUT2D eigenvalue weighted by Crippen LogP contribution is 2.24. The first kappa shape index (κ1) is 16.4. The van der Waals surface area contributed by atoms with Gasteiger partial charge in [0.1, 0.15) is 10.7 Å². The zero-order valence-electron chi connectivity index (χ0n) is 12.0. The Hall–Kier alpha value is -1.96. The first-order valence-corrected chi connectivity index (χ1v) is 7.57. The van der Waals surface area contributed by atoms with Gasteiger partial charge in [-0.25, -0.2) is 4.98 Å². The van der Waals surface area contributed by atoms with Crippen LogP contribution in [0.3, 0.4) is 0 Å². The number of aromatic nitrogens is 1. The van der Waals surface area contributed by atoms with Gasteiger partial charge in [0.2, 0.25) is 0 Å². The zero-order chi connectivity index (χ0) is 16.1. The Balaban J connectivity index is 2.18. The Kier molecular flexibility index (Phi) is 5.48. The number of carbonyl (C=O) groups is 2. The van der Waals surface area contributed by atoms with E-state index < -0.39 is 5.91 Å². The lowest BCUT2D eigenvalue weighted by Crippen LogP contribution is -2.18. The molecular formula is C14H14ClN3O3S. The number of rotatable bonds is 5. The van der Waals surface area contributed by atoms with Crippen molar-refractivity contribution < 1.29 is 14.3 Å². The summed E-state index contributed by atoms with van der Waals surface area (Å²) in [6, 6.07) is 4.65. The molecule has 22 heavy (non-hydrogen) atoms. The Morgan fingerprint density at radius 2 is 2.14 bits per heavy atom. The first-order chi connectivity index (χ1) is 10.5. The molecule has 0 spiro atoms. The van der Waals surface area contributed by atoms with Crippen molar-refractivity contribution in [3.8, 4) is 0 Å². The number of carbonyl (C=O) groups excluding carboxylic acids is 2. The number of halogens is 1. The molecule has 1 aromatic carbocycles. The van der Waals surface area contributed by atoms with Crippen molar-refractivity contribution in [1.82, 2.24) is 10.3 Å². The topological polar surface area (TPSA) is 80.3 Å². The molecule has 0 atom stereocenters. The largest absolute Gasteiger partial charge is 0.378 e. The molecule has 0 aliphatic rings. The third-order valence-corrected chi connectivity index (χ3v) is 3.91. The zero-order valence-corrected chi connectivity index (χ0v) is 13.5. The third kappa shape index (κ3) is 3.82. The van der Waals surface area contributed by atoms with Crippen LogP contribution in [0.25, 0.3) is 0 Å². The average Bonchev–Trinajstić information content (AvgIpc) is 2.98. The molecule has 8 heteroatoms. The molecule has 1 heterocycles. The van der Waals surface area contributed by atoms with Gasteiger partial charge in [-0.05, 0) is 18.2 Å². The van der Waals surface area contributed by atoms with E-state index in [1.807, 2.05) is 0 Å². The van der Waals surface area contributed by atoms with E-state index in [2.05, 4.69) is 15.6 Å². The molecule has 6 nitrogen and oxygen atoms in total. The van der Waals surface area contributed by atoms with Crippen LogP contribution in [0.1, 0.15) is 25.9 Å². The van der Waals surface area contributed by atoms with Crippen LogP contribution < -0.4 is 10.6 Å². The van der Waals surface area contributed by atoms with Gasteiger partial charge in [0, 0.05) is 25.1 Å². The quantitative estimate of drug-likeness (QED) is 0.877. The number of thiazole rings is 1. The van der Waals surface area contributed by atoms with Gasteiger partial charge in [-0.2, -0.15) is 0 Å². The minimum Gasteiger partial charge on any atom is -0.378 e. The second-order valence-corrected chi connectivity index (χ2v) is 5.64. The summed E-state index contributed by atoms with van der Waals surface area (Å²) < 4.78 is 4.96. The van der Waals surface area contributed by atoms with Crippen LogP contribution in [0.2, 0.25) is 5.02 Å². The molecule has 2 N–H and O–H groups in total. The maximum Gasteiger partial charge on any atom is 0.275 e. The highest BCUT2D eigenvalue weighted by molar-refractivity contribution is 7.09. The molecule has 116 valence electrons. The number of benzene rings is 1. The Morgan fingerprint density at radius 1 is 1.36 bits per heavy atom. The summed E-state index contributed by atoms with van der Waals surface area (Å²) in [4.78, 5) is 27.9. The number of nitrogens with one attached hydrogen (secondary N) is 2. The summed E-state index contributed by atoms with van der Waals surface area (Å²) in [6.07, 6.45) is 0. The van der Waals surface area contributed by atoms with E-state index in [1.54, 1.807) is 24.6 Å². The molecule has 0 fully saturated rings. The highest BCUT2D eigenvalue weighted by atomic mass is 35.5. The lowest BCUT2D eigenvalue weighted by atomic mass is 10.2. The summed E-state index contributed by atoms with van der Waals surface area (Å²) in [5.41, 5.74) is 1.04. The average molecular weight is 340 g/mol. The lowest BCUT2D eigenvalue weighted by molar-refractivity contribution is 0.0961. The summed E-state index contributed by atoms with van der Waals surface area (Å²) in [5.74, 6) is -0.655. The fourth-order valence-electron chi connectivity index (χ4n) is 1.70. The third-order valence-electron chi connectivity index (χ3n) is 2.76.